The lowest BCUT2D eigenvalue weighted by molar-refractivity contribution is -0.146. The van der Waals surface area contributed by atoms with Crippen LogP contribution in [0.15, 0.2) is 48.7 Å². The molecule has 3 aromatic rings. The van der Waals surface area contributed by atoms with Gasteiger partial charge in [0.2, 0.25) is 17.7 Å². The summed E-state index contributed by atoms with van der Waals surface area (Å²) in [5.41, 5.74) is 4.44. The summed E-state index contributed by atoms with van der Waals surface area (Å²) in [6, 6.07) is 13.4. The van der Waals surface area contributed by atoms with Crippen LogP contribution in [0.1, 0.15) is 48.8 Å². The van der Waals surface area contributed by atoms with Crippen LogP contribution in [-0.4, -0.2) is 75.6 Å². The molecule has 2 N–H and O–H groups in total. The standard InChI is InChI=1S/C33H42N6O3/c1-22-7-9-23(10-8-22)16-25-18-29(31(40)35-19-24-11-12-28-26(17-24)20-36-37(28)2)39(21-25)33(42)30-27(6-5-13-34-30)32(41)38-14-3-4-15-38/h7-12,17,20,25,27,29-30,34H,3-6,13-16,18-19,21H2,1-2H3,(H,35,40)/t25-,27+,29+,30-/m1/s1. The van der Waals surface area contributed by atoms with Crippen LogP contribution in [0.3, 0.4) is 0 Å². The van der Waals surface area contributed by atoms with Gasteiger partial charge >= 0.3 is 0 Å². The zero-order valence-corrected chi connectivity index (χ0v) is 24.7. The highest BCUT2D eigenvalue weighted by atomic mass is 16.2. The minimum absolute atomic E-state index is 0.0836. The number of amides is 3. The fraction of sp³-hybridized carbons (Fsp3) is 0.515. The van der Waals surface area contributed by atoms with Crippen molar-refractivity contribution < 1.29 is 14.4 Å². The molecule has 222 valence electrons. The van der Waals surface area contributed by atoms with Crippen molar-refractivity contribution in [2.45, 2.75) is 64.1 Å². The maximum absolute atomic E-state index is 14.2. The molecule has 0 spiro atoms. The average molecular weight is 571 g/mol. The van der Waals surface area contributed by atoms with Crippen molar-refractivity contribution in [3.8, 4) is 0 Å². The van der Waals surface area contributed by atoms with Crippen molar-refractivity contribution in [1.82, 2.24) is 30.2 Å². The van der Waals surface area contributed by atoms with Crippen LogP contribution in [0.5, 0.6) is 0 Å². The van der Waals surface area contributed by atoms with E-state index in [2.05, 4.69) is 46.9 Å². The third kappa shape index (κ3) is 5.93. The molecule has 3 saturated heterocycles. The molecule has 4 atom stereocenters. The van der Waals surface area contributed by atoms with E-state index in [0.717, 1.165) is 55.2 Å². The summed E-state index contributed by atoms with van der Waals surface area (Å²) in [6.45, 7) is 5.21. The van der Waals surface area contributed by atoms with E-state index in [1.807, 2.05) is 41.0 Å². The molecule has 0 saturated carbocycles. The number of piperidine rings is 1. The van der Waals surface area contributed by atoms with Gasteiger partial charge in [0.1, 0.15) is 6.04 Å². The number of carbonyl (C=O) groups is 3. The summed E-state index contributed by atoms with van der Waals surface area (Å²) in [6.07, 6.45) is 6.85. The molecule has 2 aromatic carbocycles. The predicted octanol–water partition coefficient (Wildman–Crippen LogP) is 2.95. The number of benzene rings is 2. The maximum atomic E-state index is 14.2. The van der Waals surface area contributed by atoms with Crippen LogP contribution >= 0.6 is 0 Å². The quantitative estimate of drug-likeness (QED) is 0.455. The Morgan fingerprint density at radius 2 is 1.76 bits per heavy atom. The zero-order valence-electron chi connectivity index (χ0n) is 24.7. The molecule has 6 rings (SSSR count). The van der Waals surface area contributed by atoms with Gasteiger partial charge in [-0.1, -0.05) is 35.9 Å². The van der Waals surface area contributed by atoms with Crippen LogP contribution in [0.4, 0.5) is 0 Å². The van der Waals surface area contributed by atoms with Crippen molar-refractivity contribution in [1.29, 1.82) is 0 Å². The molecule has 9 nitrogen and oxygen atoms in total. The summed E-state index contributed by atoms with van der Waals surface area (Å²) in [5, 5.41) is 11.8. The van der Waals surface area contributed by atoms with E-state index in [-0.39, 0.29) is 29.6 Å². The highest BCUT2D eigenvalue weighted by molar-refractivity contribution is 5.94. The molecular weight excluding hydrogens is 528 g/mol. The molecule has 3 amide bonds. The van der Waals surface area contributed by atoms with Crippen LogP contribution in [0.2, 0.25) is 0 Å². The summed E-state index contributed by atoms with van der Waals surface area (Å²) >= 11 is 0. The van der Waals surface area contributed by atoms with Gasteiger partial charge in [-0.05, 0) is 81.2 Å². The van der Waals surface area contributed by atoms with Crippen molar-refractivity contribution in [2.75, 3.05) is 26.2 Å². The lowest BCUT2D eigenvalue weighted by atomic mass is 9.88. The number of nitrogens with one attached hydrogen (secondary N) is 2. The number of rotatable bonds is 7. The zero-order chi connectivity index (χ0) is 29.2. The first kappa shape index (κ1) is 28.4. The van der Waals surface area contributed by atoms with Crippen molar-refractivity contribution >= 4 is 28.6 Å². The number of aryl methyl sites for hydroxylation is 2. The topological polar surface area (TPSA) is 99.6 Å². The van der Waals surface area contributed by atoms with E-state index in [1.54, 1.807) is 4.90 Å². The molecule has 3 fully saturated rings. The number of aromatic nitrogens is 2. The fourth-order valence-corrected chi connectivity index (χ4v) is 7.02. The van der Waals surface area contributed by atoms with Crippen LogP contribution in [0, 0.1) is 18.8 Å². The monoisotopic (exact) mass is 570 g/mol. The van der Waals surface area contributed by atoms with Gasteiger partial charge in [-0.15, -0.1) is 0 Å². The van der Waals surface area contributed by atoms with Crippen LogP contribution < -0.4 is 10.6 Å². The number of likely N-dealkylation sites (tertiary alicyclic amines) is 2. The molecular formula is C33H42N6O3. The molecule has 0 bridgehead atoms. The Bertz CT molecular complexity index is 1440. The molecule has 4 heterocycles. The Labute approximate surface area is 247 Å². The Balaban J connectivity index is 1.20. The highest BCUT2D eigenvalue weighted by Gasteiger charge is 2.46. The number of fused-ring (bicyclic) bond motifs is 1. The van der Waals surface area contributed by atoms with Gasteiger partial charge in [-0.3, -0.25) is 19.1 Å². The van der Waals surface area contributed by atoms with Gasteiger partial charge in [0.15, 0.2) is 0 Å². The predicted molar refractivity (Wildman–Crippen MR) is 161 cm³/mol. The normalized spacial score (nSPS) is 24.3. The fourth-order valence-electron chi connectivity index (χ4n) is 7.02. The van der Waals surface area contributed by atoms with Crippen molar-refractivity contribution in [2.24, 2.45) is 18.9 Å². The third-order valence-electron chi connectivity index (χ3n) is 9.36. The van der Waals surface area contributed by atoms with Crippen LogP contribution in [-0.2, 0) is 34.4 Å². The van der Waals surface area contributed by atoms with E-state index in [4.69, 9.17) is 0 Å². The van der Waals surface area contributed by atoms with E-state index in [1.165, 1.54) is 11.1 Å². The molecule has 0 radical (unpaired) electrons. The smallest absolute Gasteiger partial charge is 0.243 e. The van der Waals surface area contributed by atoms with Gasteiger partial charge in [-0.2, -0.15) is 5.10 Å². The Morgan fingerprint density at radius 1 is 1.00 bits per heavy atom. The summed E-state index contributed by atoms with van der Waals surface area (Å²) in [7, 11) is 1.91. The Kier molecular flexibility index (Phi) is 8.29. The summed E-state index contributed by atoms with van der Waals surface area (Å²) in [4.78, 5) is 45.1. The van der Waals surface area contributed by atoms with Gasteiger partial charge in [-0.25, -0.2) is 0 Å². The second-order valence-electron chi connectivity index (χ2n) is 12.4. The molecule has 1 aromatic heterocycles. The van der Waals surface area contributed by atoms with Gasteiger partial charge < -0.3 is 20.4 Å². The Morgan fingerprint density at radius 3 is 2.55 bits per heavy atom. The second-order valence-corrected chi connectivity index (χ2v) is 12.4. The summed E-state index contributed by atoms with van der Waals surface area (Å²) < 4.78 is 1.83. The van der Waals surface area contributed by atoms with Crippen molar-refractivity contribution in [3.63, 3.8) is 0 Å². The number of nitrogens with zero attached hydrogens (tertiary/aromatic N) is 4. The van der Waals surface area contributed by atoms with Gasteiger partial charge in [0, 0.05) is 38.6 Å². The molecule has 9 heteroatoms. The minimum atomic E-state index is -0.590. The number of hydrogen-bond acceptors (Lipinski definition) is 5. The van der Waals surface area contributed by atoms with E-state index in [0.29, 0.717) is 32.5 Å². The van der Waals surface area contributed by atoms with Gasteiger partial charge in [0.25, 0.3) is 0 Å². The lowest BCUT2D eigenvalue weighted by Gasteiger charge is -2.36. The largest absolute Gasteiger partial charge is 0.350 e. The first-order valence-corrected chi connectivity index (χ1v) is 15.4. The first-order chi connectivity index (χ1) is 20.4. The van der Waals surface area contributed by atoms with E-state index >= 15 is 0 Å². The van der Waals surface area contributed by atoms with E-state index in [9.17, 15) is 14.4 Å². The molecule has 0 unspecified atom stereocenters. The molecule has 0 aliphatic carbocycles. The molecule has 3 aliphatic rings. The molecule has 3 aliphatic heterocycles. The lowest BCUT2D eigenvalue weighted by Crippen LogP contribution is -2.59. The SMILES string of the molecule is Cc1ccc(C[C@@H]2C[C@@H](C(=O)NCc3ccc4c(cnn4C)c3)N(C(=O)[C@@H]3NCCC[C@@H]3C(=O)N3CCCC3)C2)cc1. The minimum Gasteiger partial charge on any atom is -0.350 e. The van der Waals surface area contributed by atoms with Gasteiger partial charge in [0.05, 0.1) is 23.7 Å². The number of carbonyl (C=O) groups excluding carboxylic acids is 3. The number of hydrogen-bond donors (Lipinski definition) is 2. The second kappa shape index (κ2) is 12.3. The maximum Gasteiger partial charge on any atom is 0.243 e. The Hall–Kier alpha value is -3.72. The highest BCUT2D eigenvalue weighted by Crippen LogP contribution is 2.31. The molecule has 42 heavy (non-hydrogen) atoms. The average Bonchev–Trinajstić information content (AvgIpc) is 3.77. The summed E-state index contributed by atoms with van der Waals surface area (Å²) in [5.74, 6) is -0.388. The van der Waals surface area contributed by atoms with Crippen LogP contribution in [0.25, 0.3) is 10.9 Å². The first-order valence-electron chi connectivity index (χ1n) is 15.4. The van der Waals surface area contributed by atoms with Crippen molar-refractivity contribution in [3.05, 3.63) is 65.4 Å². The van der Waals surface area contributed by atoms with E-state index < -0.39 is 12.1 Å². The third-order valence-corrected chi connectivity index (χ3v) is 9.36.